The van der Waals surface area contributed by atoms with Crippen LogP contribution in [-0.4, -0.2) is 23.2 Å². The molecule has 15 heavy (non-hydrogen) atoms. The third-order valence-electron chi connectivity index (χ3n) is 2.28. The van der Waals surface area contributed by atoms with E-state index in [1.165, 1.54) is 0 Å². The highest BCUT2D eigenvalue weighted by Crippen LogP contribution is 2.26. The molecule has 0 amide bonds. The van der Waals surface area contributed by atoms with Crippen LogP contribution in [0.2, 0.25) is 0 Å². The minimum Gasteiger partial charge on any atom is -0.391 e. The van der Waals surface area contributed by atoms with Crippen molar-refractivity contribution in [2.45, 2.75) is 40.2 Å². The van der Waals surface area contributed by atoms with E-state index in [0.29, 0.717) is 0 Å². The van der Waals surface area contributed by atoms with E-state index in [2.05, 4.69) is 23.7 Å². The van der Waals surface area contributed by atoms with Crippen molar-refractivity contribution in [3.05, 3.63) is 10.6 Å². The number of aliphatic hydroxyl groups is 1. The number of aliphatic hydroxyl groups excluding tert-OH is 1. The van der Waals surface area contributed by atoms with Crippen LogP contribution in [0.1, 0.15) is 37.3 Å². The van der Waals surface area contributed by atoms with Gasteiger partial charge in [0.05, 0.1) is 17.2 Å². The summed E-state index contributed by atoms with van der Waals surface area (Å²) >= 11 is 1.61. The van der Waals surface area contributed by atoms with Gasteiger partial charge in [0.1, 0.15) is 0 Å². The van der Waals surface area contributed by atoms with Gasteiger partial charge in [0.2, 0.25) is 0 Å². The molecule has 0 aliphatic heterocycles. The smallest absolute Gasteiger partial charge is 0.185 e. The first-order chi connectivity index (χ1) is 7.22. The number of aryl methyl sites for hydroxylation is 1. The zero-order chi connectivity index (χ0) is 11.3. The second-order valence-corrected chi connectivity index (χ2v) is 4.71. The molecule has 0 aliphatic carbocycles. The molecule has 0 bridgehead atoms. The molecule has 1 N–H and O–H groups in total. The summed E-state index contributed by atoms with van der Waals surface area (Å²) in [6.07, 6.45) is 2.26. The van der Waals surface area contributed by atoms with Gasteiger partial charge < -0.3 is 10.0 Å². The molecular formula is C11H20N2OS. The van der Waals surface area contributed by atoms with Crippen molar-refractivity contribution in [2.75, 3.05) is 18.0 Å². The summed E-state index contributed by atoms with van der Waals surface area (Å²) in [5.41, 5.74) is 0.967. The fourth-order valence-electron chi connectivity index (χ4n) is 1.54. The van der Waals surface area contributed by atoms with Gasteiger partial charge in [0, 0.05) is 13.1 Å². The van der Waals surface area contributed by atoms with Crippen LogP contribution < -0.4 is 4.90 Å². The maximum absolute atomic E-state index is 9.13. The highest BCUT2D eigenvalue weighted by atomic mass is 32.1. The molecule has 0 fully saturated rings. The van der Waals surface area contributed by atoms with Crippen molar-refractivity contribution in [1.82, 2.24) is 4.98 Å². The maximum atomic E-state index is 9.13. The molecule has 0 spiro atoms. The molecule has 1 heterocycles. The Morgan fingerprint density at radius 2 is 1.87 bits per heavy atom. The minimum absolute atomic E-state index is 0.107. The molecule has 3 nitrogen and oxygen atoms in total. The molecular weight excluding hydrogens is 208 g/mol. The molecule has 1 aromatic rings. The van der Waals surface area contributed by atoms with E-state index in [9.17, 15) is 0 Å². The molecule has 0 radical (unpaired) electrons. The first kappa shape index (κ1) is 12.5. The SMILES string of the molecule is CCCN(CCC)c1nc(C)c(CO)s1. The van der Waals surface area contributed by atoms with E-state index in [0.717, 1.165) is 41.6 Å². The summed E-state index contributed by atoms with van der Waals surface area (Å²) in [7, 11) is 0. The van der Waals surface area contributed by atoms with E-state index in [1.54, 1.807) is 11.3 Å². The molecule has 0 aliphatic rings. The highest BCUT2D eigenvalue weighted by molar-refractivity contribution is 7.15. The Labute approximate surface area is 95.8 Å². The monoisotopic (exact) mass is 228 g/mol. The molecule has 86 valence electrons. The van der Waals surface area contributed by atoms with Crippen LogP contribution >= 0.6 is 11.3 Å². The number of hydrogen-bond acceptors (Lipinski definition) is 4. The van der Waals surface area contributed by atoms with Crippen LogP contribution in [0.25, 0.3) is 0 Å². The van der Waals surface area contributed by atoms with Crippen LogP contribution in [0, 0.1) is 6.92 Å². The van der Waals surface area contributed by atoms with Gasteiger partial charge in [-0.1, -0.05) is 25.2 Å². The number of nitrogens with zero attached hydrogens (tertiary/aromatic N) is 2. The zero-order valence-electron chi connectivity index (χ0n) is 9.79. The predicted molar refractivity (Wildman–Crippen MR) is 65.6 cm³/mol. The van der Waals surface area contributed by atoms with E-state index in [4.69, 9.17) is 5.11 Å². The highest BCUT2D eigenvalue weighted by Gasteiger charge is 2.12. The lowest BCUT2D eigenvalue weighted by Crippen LogP contribution is -2.24. The molecule has 1 rings (SSSR count). The number of rotatable bonds is 6. The lowest BCUT2D eigenvalue weighted by molar-refractivity contribution is 0.284. The Morgan fingerprint density at radius 1 is 1.27 bits per heavy atom. The van der Waals surface area contributed by atoms with Gasteiger partial charge in [-0.2, -0.15) is 0 Å². The number of anilines is 1. The summed E-state index contributed by atoms with van der Waals surface area (Å²) in [4.78, 5) is 7.79. The molecule has 0 aromatic carbocycles. The topological polar surface area (TPSA) is 36.4 Å². The van der Waals surface area contributed by atoms with Crippen LogP contribution in [-0.2, 0) is 6.61 Å². The Hall–Kier alpha value is -0.610. The van der Waals surface area contributed by atoms with Crippen molar-refractivity contribution in [2.24, 2.45) is 0 Å². The average Bonchev–Trinajstić information content (AvgIpc) is 2.59. The maximum Gasteiger partial charge on any atom is 0.185 e. The van der Waals surface area contributed by atoms with Gasteiger partial charge >= 0.3 is 0 Å². The summed E-state index contributed by atoms with van der Waals surface area (Å²) in [6, 6.07) is 0. The first-order valence-corrected chi connectivity index (χ1v) is 6.36. The van der Waals surface area contributed by atoms with Crippen LogP contribution in [0.15, 0.2) is 0 Å². The van der Waals surface area contributed by atoms with Crippen LogP contribution in [0.4, 0.5) is 5.13 Å². The zero-order valence-corrected chi connectivity index (χ0v) is 10.6. The van der Waals surface area contributed by atoms with Gasteiger partial charge in [-0.05, 0) is 19.8 Å². The number of hydrogen-bond donors (Lipinski definition) is 1. The van der Waals surface area contributed by atoms with E-state index in [1.807, 2.05) is 6.92 Å². The summed E-state index contributed by atoms with van der Waals surface area (Å²) in [5.74, 6) is 0. The van der Waals surface area contributed by atoms with Crippen molar-refractivity contribution >= 4 is 16.5 Å². The second kappa shape index (κ2) is 6.08. The fraction of sp³-hybridized carbons (Fsp3) is 0.727. The third kappa shape index (κ3) is 3.18. The van der Waals surface area contributed by atoms with Crippen molar-refractivity contribution < 1.29 is 5.11 Å². The van der Waals surface area contributed by atoms with Crippen LogP contribution in [0.5, 0.6) is 0 Å². The Bertz CT molecular complexity index is 293. The average molecular weight is 228 g/mol. The standard InChI is InChI=1S/C11H20N2OS/c1-4-6-13(7-5-2)11-12-9(3)10(8-14)15-11/h14H,4-8H2,1-3H3. The summed E-state index contributed by atoms with van der Waals surface area (Å²) in [6.45, 7) is 8.51. The van der Waals surface area contributed by atoms with E-state index in [-0.39, 0.29) is 6.61 Å². The van der Waals surface area contributed by atoms with Gasteiger partial charge in [0.25, 0.3) is 0 Å². The molecule has 4 heteroatoms. The van der Waals surface area contributed by atoms with E-state index >= 15 is 0 Å². The largest absolute Gasteiger partial charge is 0.391 e. The molecule has 0 saturated heterocycles. The third-order valence-corrected chi connectivity index (χ3v) is 3.49. The summed E-state index contributed by atoms with van der Waals surface area (Å²) < 4.78 is 0. The number of thiazole rings is 1. The van der Waals surface area contributed by atoms with Crippen LogP contribution in [0.3, 0.4) is 0 Å². The minimum atomic E-state index is 0.107. The summed E-state index contributed by atoms with van der Waals surface area (Å²) in [5, 5.41) is 10.2. The number of aromatic nitrogens is 1. The fourth-order valence-corrected chi connectivity index (χ4v) is 2.51. The molecule has 1 aromatic heterocycles. The lowest BCUT2D eigenvalue weighted by atomic mass is 10.4. The normalized spacial score (nSPS) is 10.7. The Kier molecular flexibility index (Phi) is 5.05. The first-order valence-electron chi connectivity index (χ1n) is 5.55. The second-order valence-electron chi connectivity index (χ2n) is 3.65. The van der Waals surface area contributed by atoms with Gasteiger partial charge in [-0.3, -0.25) is 0 Å². The Balaban J connectivity index is 2.80. The van der Waals surface area contributed by atoms with Gasteiger partial charge in [-0.15, -0.1) is 0 Å². The van der Waals surface area contributed by atoms with Gasteiger partial charge in [-0.25, -0.2) is 4.98 Å². The lowest BCUT2D eigenvalue weighted by Gasteiger charge is -2.19. The van der Waals surface area contributed by atoms with E-state index < -0.39 is 0 Å². The quantitative estimate of drug-likeness (QED) is 0.813. The molecule has 0 saturated carbocycles. The molecule has 0 atom stereocenters. The van der Waals surface area contributed by atoms with Crippen molar-refractivity contribution in [3.8, 4) is 0 Å². The molecule has 0 unspecified atom stereocenters. The van der Waals surface area contributed by atoms with Crippen molar-refractivity contribution in [3.63, 3.8) is 0 Å². The van der Waals surface area contributed by atoms with Crippen molar-refractivity contribution in [1.29, 1.82) is 0 Å². The predicted octanol–water partition coefficient (Wildman–Crippen LogP) is 2.57. The Morgan fingerprint density at radius 3 is 2.27 bits per heavy atom. The van der Waals surface area contributed by atoms with Gasteiger partial charge in [0.15, 0.2) is 5.13 Å².